The third-order valence-corrected chi connectivity index (χ3v) is 6.14. The summed E-state index contributed by atoms with van der Waals surface area (Å²) in [5.41, 5.74) is 7.78. The third kappa shape index (κ3) is 9.32. The van der Waals surface area contributed by atoms with Crippen molar-refractivity contribution in [3.8, 4) is 0 Å². The molecule has 10 nitrogen and oxygen atoms in total. The largest absolute Gasteiger partial charge is 0.480 e. The Morgan fingerprint density at radius 2 is 1.30 bits per heavy atom. The minimum absolute atomic E-state index is 0.152. The van der Waals surface area contributed by atoms with Gasteiger partial charge in [0.25, 0.3) is 0 Å². The molecule has 0 heterocycles. The van der Waals surface area contributed by atoms with Gasteiger partial charge < -0.3 is 31.9 Å². The first-order valence-electron chi connectivity index (χ1n) is 12.2. The van der Waals surface area contributed by atoms with E-state index in [9.17, 15) is 24.3 Å². The molecule has 0 fully saturated rings. The molecule has 0 radical (unpaired) electrons. The second-order valence-electron chi connectivity index (χ2n) is 9.00. The molecule has 2 aromatic carbocycles. The van der Waals surface area contributed by atoms with Crippen molar-refractivity contribution < 1.29 is 29.4 Å². The van der Waals surface area contributed by atoms with E-state index in [0.717, 1.165) is 11.1 Å². The molecule has 200 valence electrons. The van der Waals surface area contributed by atoms with E-state index in [2.05, 4.69) is 16.0 Å². The van der Waals surface area contributed by atoms with Crippen LogP contribution >= 0.6 is 0 Å². The topological polar surface area (TPSA) is 171 Å². The number of hydrogen-bond donors (Lipinski definition) is 6. The fourth-order valence-corrected chi connectivity index (χ4v) is 3.70. The van der Waals surface area contributed by atoms with Crippen LogP contribution in [0.3, 0.4) is 0 Å². The lowest BCUT2D eigenvalue weighted by Gasteiger charge is -2.28. The smallest absolute Gasteiger partial charge is 0.328 e. The van der Waals surface area contributed by atoms with E-state index in [-0.39, 0.29) is 18.8 Å². The summed E-state index contributed by atoms with van der Waals surface area (Å²) in [5, 5.41) is 26.1. The Balaban J connectivity index is 2.21. The highest BCUT2D eigenvalue weighted by atomic mass is 16.4. The number of carboxylic acid groups (broad SMARTS) is 1. The summed E-state index contributed by atoms with van der Waals surface area (Å²) in [6.45, 7) is 2.76. The van der Waals surface area contributed by atoms with E-state index in [1.54, 1.807) is 6.92 Å². The quantitative estimate of drug-likeness (QED) is 0.212. The monoisotopic (exact) mass is 512 g/mol. The number of nitrogens with two attached hydrogens (primary N) is 1. The number of carboxylic acids is 1. The molecule has 0 aliphatic rings. The molecule has 3 amide bonds. The van der Waals surface area contributed by atoms with Gasteiger partial charge in [-0.1, -0.05) is 80.9 Å². The van der Waals surface area contributed by atoms with Crippen molar-refractivity contribution >= 4 is 23.7 Å². The summed E-state index contributed by atoms with van der Waals surface area (Å²) in [7, 11) is 0. The first kappa shape index (κ1) is 29.5. The number of benzene rings is 2. The van der Waals surface area contributed by atoms with Gasteiger partial charge in [-0.05, 0) is 23.5 Å². The van der Waals surface area contributed by atoms with Gasteiger partial charge in [0, 0.05) is 6.42 Å². The van der Waals surface area contributed by atoms with Gasteiger partial charge in [-0.2, -0.15) is 0 Å². The summed E-state index contributed by atoms with van der Waals surface area (Å²) in [6.07, 6.45) is 0.939. The zero-order valence-electron chi connectivity index (χ0n) is 21.1. The SMILES string of the molecule is CCC(C)C(NC(=O)C(Cc1ccccc1)NC(=O)C(N)Cc1ccccc1)C(=O)NC(CO)C(=O)O. The lowest BCUT2D eigenvalue weighted by Crippen LogP contribution is -2.59. The van der Waals surface area contributed by atoms with Crippen LogP contribution in [0, 0.1) is 5.92 Å². The standard InChI is InChI=1S/C27H36N4O6/c1-3-17(2)23(26(35)30-22(16-32)27(36)37)31-25(34)21(15-19-12-8-5-9-13-19)29-24(33)20(28)14-18-10-6-4-7-11-18/h4-13,17,20-23,32H,3,14-16,28H2,1-2H3,(H,29,33)(H,30,35)(H,31,34)(H,36,37). The van der Waals surface area contributed by atoms with Gasteiger partial charge in [-0.25, -0.2) is 4.79 Å². The fraction of sp³-hybridized carbons (Fsp3) is 0.407. The average molecular weight is 513 g/mol. The zero-order chi connectivity index (χ0) is 27.4. The normalized spacial score (nSPS) is 14.9. The number of carbonyl (C=O) groups is 4. The Hall–Kier alpha value is -3.76. The number of amides is 3. The van der Waals surface area contributed by atoms with Crippen molar-refractivity contribution in [1.29, 1.82) is 0 Å². The van der Waals surface area contributed by atoms with Crippen molar-refractivity contribution in [2.24, 2.45) is 11.7 Å². The van der Waals surface area contributed by atoms with Crippen molar-refractivity contribution in [3.05, 3.63) is 71.8 Å². The minimum Gasteiger partial charge on any atom is -0.480 e. The van der Waals surface area contributed by atoms with Gasteiger partial charge in [0.1, 0.15) is 18.1 Å². The summed E-state index contributed by atoms with van der Waals surface area (Å²) >= 11 is 0. The van der Waals surface area contributed by atoms with Crippen LogP contribution in [-0.2, 0) is 32.0 Å². The molecular weight excluding hydrogens is 476 g/mol. The van der Waals surface area contributed by atoms with Gasteiger partial charge in [0.05, 0.1) is 12.6 Å². The van der Waals surface area contributed by atoms with Crippen molar-refractivity contribution in [2.75, 3.05) is 6.61 Å². The fourth-order valence-electron chi connectivity index (χ4n) is 3.70. The molecule has 37 heavy (non-hydrogen) atoms. The summed E-state index contributed by atoms with van der Waals surface area (Å²) in [4.78, 5) is 50.4. The molecule has 0 aromatic heterocycles. The van der Waals surface area contributed by atoms with Crippen LogP contribution in [-0.4, -0.2) is 64.7 Å². The lowest BCUT2D eigenvalue weighted by molar-refractivity contribution is -0.143. The molecule has 0 aliphatic carbocycles. The Labute approximate surface area is 216 Å². The molecule has 2 rings (SSSR count). The zero-order valence-corrected chi connectivity index (χ0v) is 21.1. The molecule has 0 saturated heterocycles. The highest BCUT2D eigenvalue weighted by Gasteiger charge is 2.32. The van der Waals surface area contributed by atoms with Crippen molar-refractivity contribution in [3.63, 3.8) is 0 Å². The van der Waals surface area contributed by atoms with Gasteiger partial charge in [0.15, 0.2) is 0 Å². The van der Waals surface area contributed by atoms with Gasteiger partial charge in [0.2, 0.25) is 17.7 Å². The molecule has 0 spiro atoms. The number of aliphatic hydroxyl groups is 1. The Morgan fingerprint density at radius 1 is 0.784 bits per heavy atom. The van der Waals surface area contributed by atoms with Crippen LogP contribution in [0.15, 0.2) is 60.7 Å². The van der Waals surface area contributed by atoms with Gasteiger partial charge >= 0.3 is 5.97 Å². The number of aliphatic hydroxyl groups excluding tert-OH is 1. The van der Waals surface area contributed by atoms with Crippen LogP contribution in [0.4, 0.5) is 0 Å². The third-order valence-electron chi connectivity index (χ3n) is 6.14. The predicted octanol–water partition coefficient (Wildman–Crippen LogP) is 0.377. The number of nitrogens with one attached hydrogen (secondary N) is 3. The summed E-state index contributed by atoms with van der Waals surface area (Å²) in [6, 6.07) is 13.8. The van der Waals surface area contributed by atoms with Crippen LogP contribution in [0.2, 0.25) is 0 Å². The molecule has 2 aromatic rings. The second kappa shape index (κ2) is 14.7. The molecule has 5 atom stereocenters. The molecule has 0 bridgehead atoms. The van der Waals surface area contributed by atoms with E-state index >= 15 is 0 Å². The average Bonchev–Trinajstić information content (AvgIpc) is 2.90. The van der Waals surface area contributed by atoms with Crippen LogP contribution in [0.25, 0.3) is 0 Å². The van der Waals surface area contributed by atoms with E-state index in [0.29, 0.717) is 6.42 Å². The van der Waals surface area contributed by atoms with Gasteiger partial charge in [-0.3, -0.25) is 14.4 Å². The number of aliphatic carboxylic acids is 1. The number of hydrogen-bond acceptors (Lipinski definition) is 6. The van der Waals surface area contributed by atoms with Crippen LogP contribution in [0.1, 0.15) is 31.4 Å². The van der Waals surface area contributed by atoms with E-state index in [4.69, 9.17) is 10.8 Å². The Bertz CT molecular complexity index is 1030. The molecule has 0 saturated carbocycles. The minimum atomic E-state index is -1.51. The first-order valence-corrected chi connectivity index (χ1v) is 12.2. The molecule has 0 aliphatic heterocycles. The van der Waals surface area contributed by atoms with E-state index in [1.807, 2.05) is 67.6 Å². The lowest BCUT2D eigenvalue weighted by atomic mass is 9.96. The first-order chi connectivity index (χ1) is 17.7. The molecule has 5 unspecified atom stereocenters. The maximum Gasteiger partial charge on any atom is 0.328 e. The maximum atomic E-state index is 13.4. The summed E-state index contributed by atoms with van der Waals surface area (Å²) < 4.78 is 0. The maximum absolute atomic E-state index is 13.4. The highest BCUT2D eigenvalue weighted by molar-refractivity contribution is 5.94. The Kier molecular flexibility index (Phi) is 11.7. The Morgan fingerprint density at radius 3 is 1.78 bits per heavy atom. The number of carbonyl (C=O) groups excluding carboxylic acids is 3. The summed E-state index contributed by atoms with van der Waals surface area (Å²) in [5.74, 6) is -3.62. The molecular formula is C27H36N4O6. The van der Waals surface area contributed by atoms with Gasteiger partial charge in [-0.15, -0.1) is 0 Å². The number of rotatable bonds is 14. The molecule has 10 heteroatoms. The van der Waals surface area contributed by atoms with E-state index in [1.165, 1.54) is 0 Å². The predicted molar refractivity (Wildman–Crippen MR) is 138 cm³/mol. The second-order valence-corrected chi connectivity index (χ2v) is 9.00. The van der Waals surface area contributed by atoms with Crippen molar-refractivity contribution in [2.45, 2.75) is 57.3 Å². The highest BCUT2D eigenvalue weighted by Crippen LogP contribution is 2.11. The van der Waals surface area contributed by atoms with Crippen molar-refractivity contribution in [1.82, 2.24) is 16.0 Å². The van der Waals surface area contributed by atoms with Crippen LogP contribution in [0.5, 0.6) is 0 Å². The van der Waals surface area contributed by atoms with Crippen LogP contribution < -0.4 is 21.7 Å². The van der Waals surface area contributed by atoms with E-state index < -0.39 is 54.5 Å². The molecule has 7 N–H and O–H groups in total.